The van der Waals surface area contributed by atoms with Crippen molar-refractivity contribution in [2.24, 2.45) is 0 Å². The summed E-state index contributed by atoms with van der Waals surface area (Å²) in [6, 6.07) is 26.5. The molecule has 0 unspecified atom stereocenters. The maximum atomic E-state index is 12.9. The molecule has 3 aromatic rings. The fraction of sp³-hybridized carbons (Fsp3) is 0.136. The first-order valence-corrected chi connectivity index (χ1v) is 8.75. The number of hydrogen-bond acceptors (Lipinski definition) is 2. The molecule has 0 saturated heterocycles. The van der Waals surface area contributed by atoms with E-state index in [9.17, 15) is 4.79 Å². The van der Waals surface area contributed by atoms with Crippen LogP contribution in [0, 0.1) is 0 Å². The molecule has 3 aromatic carbocycles. The third-order valence-corrected chi connectivity index (χ3v) is 4.45. The van der Waals surface area contributed by atoms with Crippen LogP contribution in [0.25, 0.3) is 0 Å². The van der Waals surface area contributed by atoms with Crippen LogP contribution in [0.4, 0.5) is 0 Å². The summed E-state index contributed by atoms with van der Waals surface area (Å²) in [6.07, 6.45) is -0.672. The minimum atomic E-state index is -0.672. The highest BCUT2D eigenvalue weighted by Crippen LogP contribution is 2.25. The van der Waals surface area contributed by atoms with Gasteiger partial charge in [0.1, 0.15) is 0 Å². The lowest BCUT2D eigenvalue weighted by Crippen LogP contribution is -2.34. The quantitative estimate of drug-likeness (QED) is 0.672. The average Bonchev–Trinajstić information content (AvgIpc) is 2.69. The zero-order valence-corrected chi connectivity index (χ0v) is 15.2. The molecule has 132 valence electrons. The van der Waals surface area contributed by atoms with Gasteiger partial charge in [0.15, 0.2) is 6.10 Å². The lowest BCUT2D eigenvalue weighted by Gasteiger charge is -2.23. The Hall–Kier alpha value is -2.62. The lowest BCUT2D eigenvalue weighted by atomic mass is 9.98. The second-order valence-corrected chi connectivity index (χ2v) is 6.37. The number of carbonyl (C=O) groups is 1. The Balaban J connectivity index is 1.90. The molecule has 0 bridgehead atoms. The molecule has 0 saturated carbocycles. The van der Waals surface area contributed by atoms with Crippen molar-refractivity contribution in [3.63, 3.8) is 0 Å². The summed E-state index contributed by atoms with van der Waals surface area (Å²) in [5.74, 6) is -0.192. The van der Waals surface area contributed by atoms with Crippen LogP contribution in [0.5, 0.6) is 0 Å². The zero-order valence-electron chi connectivity index (χ0n) is 14.4. The van der Waals surface area contributed by atoms with Crippen LogP contribution in [0.2, 0.25) is 5.02 Å². The van der Waals surface area contributed by atoms with Crippen molar-refractivity contribution < 1.29 is 9.53 Å². The van der Waals surface area contributed by atoms with Crippen molar-refractivity contribution in [1.82, 2.24) is 5.32 Å². The van der Waals surface area contributed by atoms with E-state index in [-0.39, 0.29) is 11.9 Å². The number of halogens is 1. The Morgan fingerprint density at radius 2 is 1.31 bits per heavy atom. The first-order chi connectivity index (χ1) is 12.7. The number of hydrogen-bond donors (Lipinski definition) is 1. The van der Waals surface area contributed by atoms with Gasteiger partial charge in [0.05, 0.1) is 6.04 Å². The van der Waals surface area contributed by atoms with Crippen molar-refractivity contribution >= 4 is 17.5 Å². The van der Waals surface area contributed by atoms with Crippen molar-refractivity contribution in [3.05, 3.63) is 107 Å². The molecule has 1 amide bonds. The van der Waals surface area contributed by atoms with E-state index < -0.39 is 6.10 Å². The number of ether oxygens (including phenoxy) is 1. The molecular weight excluding hydrogens is 346 g/mol. The molecule has 0 aliphatic heterocycles. The number of rotatable bonds is 6. The molecule has 0 aliphatic carbocycles. The Kier molecular flexibility index (Phi) is 6.05. The lowest BCUT2D eigenvalue weighted by molar-refractivity contribution is -0.132. The van der Waals surface area contributed by atoms with Crippen LogP contribution in [-0.4, -0.2) is 13.0 Å². The minimum Gasteiger partial charge on any atom is -0.367 e. The second kappa shape index (κ2) is 8.65. The van der Waals surface area contributed by atoms with Gasteiger partial charge in [0.25, 0.3) is 5.91 Å². The van der Waals surface area contributed by atoms with Gasteiger partial charge < -0.3 is 10.1 Å². The Labute approximate surface area is 158 Å². The normalized spacial score (nSPS) is 13.0. The van der Waals surface area contributed by atoms with Gasteiger partial charge in [-0.25, -0.2) is 0 Å². The van der Waals surface area contributed by atoms with Crippen LogP contribution >= 0.6 is 11.6 Å². The molecule has 0 aliphatic rings. The second-order valence-electron chi connectivity index (χ2n) is 5.93. The molecule has 0 spiro atoms. The van der Waals surface area contributed by atoms with Gasteiger partial charge in [-0.2, -0.15) is 0 Å². The van der Waals surface area contributed by atoms with E-state index in [2.05, 4.69) is 5.32 Å². The van der Waals surface area contributed by atoms with E-state index in [1.165, 1.54) is 7.11 Å². The summed E-state index contributed by atoms with van der Waals surface area (Å²) in [5.41, 5.74) is 2.76. The predicted octanol–water partition coefficient (Wildman–Crippen LogP) is 4.93. The van der Waals surface area contributed by atoms with E-state index in [0.29, 0.717) is 5.02 Å². The molecule has 26 heavy (non-hydrogen) atoms. The van der Waals surface area contributed by atoms with E-state index >= 15 is 0 Å². The fourth-order valence-electron chi connectivity index (χ4n) is 2.90. The standard InChI is InChI=1S/C22H20ClNO2/c1-26-21(18-10-6-3-7-11-18)22(25)24-20(16-8-4-2-5-9-16)17-12-14-19(23)15-13-17/h2-15,20-21H,1H3,(H,24,25)/t20-,21-/m0/s1. The Morgan fingerprint density at radius 1 is 0.808 bits per heavy atom. The molecule has 0 aromatic heterocycles. The Bertz CT molecular complexity index is 835. The predicted molar refractivity (Wildman–Crippen MR) is 104 cm³/mol. The average molecular weight is 366 g/mol. The van der Waals surface area contributed by atoms with E-state index in [1.54, 1.807) is 0 Å². The largest absolute Gasteiger partial charge is 0.367 e. The van der Waals surface area contributed by atoms with Gasteiger partial charge in [0.2, 0.25) is 0 Å². The maximum Gasteiger partial charge on any atom is 0.254 e. The topological polar surface area (TPSA) is 38.3 Å². The van der Waals surface area contributed by atoms with Gasteiger partial charge in [-0.05, 0) is 28.8 Å². The number of carbonyl (C=O) groups excluding carboxylic acids is 1. The molecule has 3 rings (SSSR count). The monoisotopic (exact) mass is 365 g/mol. The smallest absolute Gasteiger partial charge is 0.254 e. The molecule has 0 radical (unpaired) electrons. The molecule has 0 heterocycles. The van der Waals surface area contributed by atoms with Gasteiger partial charge in [0, 0.05) is 12.1 Å². The molecule has 0 fully saturated rings. The summed E-state index contributed by atoms with van der Waals surface area (Å²) in [6.45, 7) is 0. The Morgan fingerprint density at radius 3 is 1.85 bits per heavy atom. The van der Waals surface area contributed by atoms with Crippen molar-refractivity contribution in [2.45, 2.75) is 12.1 Å². The third kappa shape index (κ3) is 4.31. The highest BCUT2D eigenvalue weighted by molar-refractivity contribution is 6.30. The molecule has 1 N–H and O–H groups in total. The number of amides is 1. The summed E-state index contributed by atoms with van der Waals surface area (Å²) < 4.78 is 5.46. The van der Waals surface area contributed by atoms with E-state index in [4.69, 9.17) is 16.3 Å². The van der Waals surface area contributed by atoms with E-state index in [1.807, 2.05) is 84.9 Å². The van der Waals surface area contributed by atoms with Crippen molar-refractivity contribution in [2.75, 3.05) is 7.11 Å². The van der Waals surface area contributed by atoms with Gasteiger partial charge >= 0.3 is 0 Å². The number of nitrogens with one attached hydrogen (secondary N) is 1. The minimum absolute atomic E-state index is 0.192. The van der Waals surface area contributed by atoms with Gasteiger partial charge in [-0.15, -0.1) is 0 Å². The first kappa shape index (κ1) is 18.2. The van der Waals surface area contributed by atoms with Crippen LogP contribution in [-0.2, 0) is 9.53 Å². The summed E-state index contributed by atoms with van der Waals surface area (Å²) >= 11 is 6.01. The van der Waals surface area contributed by atoms with Crippen molar-refractivity contribution in [3.8, 4) is 0 Å². The maximum absolute atomic E-state index is 12.9. The first-order valence-electron chi connectivity index (χ1n) is 8.37. The van der Waals surface area contributed by atoms with Crippen LogP contribution < -0.4 is 5.32 Å². The third-order valence-electron chi connectivity index (χ3n) is 4.20. The summed E-state index contributed by atoms with van der Waals surface area (Å²) in [7, 11) is 1.54. The summed E-state index contributed by atoms with van der Waals surface area (Å²) in [5, 5.41) is 3.77. The van der Waals surface area contributed by atoms with Crippen LogP contribution in [0.1, 0.15) is 28.8 Å². The van der Waals surface area contributed by atoms with Crippen LogP contribution in [0.15, 0.2) is 84.9 Å². The number of benzene rings is 3. The zero-order chi connectivity index (χ0) is 18.4. The van der Waals surface area contributed by atoms with Crippen LogP contribution in [0.3, 0.4) is 0 Å². The molecule has 3 nitrogen and oxygen atoms in total. The van der Waals surface area contributed by atoms with E-state index in [0.717, 1.165) is 16.7 Å². The summed E-state index contributed by atoms with van der Waals surface area (Å²) in [4.78, 5) is 12.9. The molecule has 4 heteroatoms. The highest BCUT2D eigenvalue weighted by atomic mass is 35.5. The molecule has 2 atom stereocenters. The number of methoxy groups -OCH3 is 1. The van der Waals surface area contributed by atoms with Gasteiger partial charge in [-0.1, -0.05) is 84.4 Å². The van der Waals surface area contributed by atoms with Gasteiger partial charge in [-0.3, -0.25) is 4.79 Å². The SMILES string of the molecule is CO[C@H](C(=O)N[C@@H](c1ccccc1)c1ccc(Cl)cc1)c1ccccc1. The highest BCUT2D eigenvalue weighted by Gasteiger charge is 2.24. The fourth-order valence-corrected chi connectivity index (χ4v) is 3.03. The van der Waals surface area contributed by atoms with Crippen molar-refractivity contribution in [1.29, 1.82) is 0 Å². The molecular formula is C22H20ClNO2.